The number of hydrogen-bond acceptors (Lipinski definition) is 6. The van der Waals surface area contributed by atoms with Gasteiger partial charge in [0.1, 0.15) is 5.82 Å². The number of aryl methyl sites for hydroxylation is 2. The standard InChI is InChI=1S/C21H19ClN4O3S2/c1-4-31(28,29)16-8-6-5-7-14(16)20(27)23-17-11-13(3)25-26(17)21-24-18-12(2)9-10-15(22)19(18)30-21/h5-11H,4H2,1-3H3,(H,23,27). The van der Waals surface area contributed by atoms with Crippen LogP contribution in [-0.4, -0.2) is 34.8 Å². The fourth-order valence-corrected chi connectivity index (χ4v) is 5.56. The Morgan fingerprint density at radius 1 is 1.19 bits per heavy atom. The topological polar surface area (TPSA) is 94.0 Å². The van der Waals surface area contributed by atoms with Crippen LogP contribution in [0.25, 0.3) is 15.3 Å². The molecule has 0 aliphatic carbocycles. The van der Waals surface area contributed by atoms with Gasteiger partial charge in [0.2, 0.25) is 5.13 Å². The molecule has 7 nitrogen and oxygen atoms in total. The van der Waals surface area contributed by atoms with Gasteiger partial charge in [-0.25, -0.2) is 13.4 Å². The summed E-state index contributed by atoms with van der Waals surface area (Å²) in [5.74, 6) is -0.247. The van der Waals surface area contributed by atoms with Crippen LogP contribution in [0.1, 0.15) is 28.5 Å². The van der Waals surface area contributed by atoms with Crippen LogP contribution in [0.5, 0.6) is 0 Å². The van der Waals surface area contributed by atoms with Gasteiger partial charge in [0.15, 0.2) is 9.84 Å². The number of carbonyl (C=O) groups is 1. The minimum absolute atomic E-state index is 0.000168. The summed E-state index contributed by atoms with van der Waals surface area (Å²) in [6.07, 6.45) is 0. The number of hydrogen-bond donors (Lipinski definition) is 1. The second-order valence-electron chi connectivity index (χ2n) is 6.97. The summed E-state index contributed by atoms with van der Waals surface area (Å²) in [7, 11) is -3.56. The van der Waals surface area contributed by atoms with Crippen molar-refractivity contribution in [3.63, 3.8) is 0 Å². The predicted molar refractivity (Wildman–Crippen MR) is 123 cm³/mol. The molecule has 4 rings (SSSR count). The van der Waals surface area contributed by atoms with Crippen molar-refractivity contribution < 1.29 is 13.2 Å². The number of thiazole rings is 1. The predicted octanol–water partition coefficient (Wildman–Crippen LogP) is 4.80. The van der Waals surface area contributed by atoms with Gasteiger partial charge in [-0.2, -0.15) is 9.78 Å². The number of sulfone groups is 1. The van der Waals surface area contributed by atoms with Gasteiger partial charge < -0.3 is 5.32 Å². The molecule has 0 bridgehead atoms. The lowest BCUT2D eigenvalue weighted by Crippen LogP contribution is -2.19. The molecule has 2 aromatic heterocycles. The van der Waals surface area contributed by atoms with E-state index in [0.29, 0.717) is 21.7 Å². The number of amides is 1. The molecular weight excluding hydrogens is 456 g/mol. The third-order valence-corrected chi connectivity index (χ3v) is 8.06. The average Bonchev–Trinajstić information content (AvgIpc) is 3.35. The average molecular weight is 475 g/mol. The lowest BCUT2D eigenvalue weighted by Gasteiger charge is -2.10. The molecule has 4 aromatic rings. The zero-order valence-electron chi connectivity index (χ0n) is 17.0. The van der Waals surface area contributed by atoms with Gasteiger partial charge in [-0.3, -0.25) is 4.79 Å². The Morgan fingerprint density at radius 2 is 1.94 bits per heavy atom. The van der Waals surface area contributed by atoms with Crippen molar-refractivity contribution >= 4 is 54.7 Å². The molecule has 0 radical (unpaired) electrons. The van der Waals surface area contributed by atoms with Crippen LogP contribution in [0.4, 0.5) is 5.82 Å². The largest absolute Gasteiger partial charge is 0.306 e. The highest BCUT2D eigenvalue weighted by atomic mass is 35.5. The molecule has 0 fully saturated rings. The number of nitrogens with one attached hydrogen (secondary N) is 1. The zero-order valence-corrected chi connectivity index (χ0v) is 19.4. The first-order chi connectivity index (χ1) is 14.7. The lowest BCUT2D eigenvalue weighted by atomic mass is 10.2. The summed E-state index contributed by atoms with van der Waals surface area (Å²) in [6, 6.07) is 11.6. The maximum absolute atomic E-state index is 13.0. The van der Waals surface area contributed by atoms with E-state index >= 15 is 0 Å². The molecular formula is C21H19ClN4O3S2. The second-order valence-corrected chi connectivity index (χ2v) is 10.6. The first-order valence-electron chi connectivity index (χ1n) is 9.47. The second kappa shape index (κ2) is 8.07. The monoisotopic (exact) mass is 474 g/mol. The Bertz CT molecular complexity index is 1380. The fourth-order valence-electron chi connectivity index (χ4n) is 3.18. The molecule has 2 aromatic carbocycles. The van der Waals surface area contributed by atoms with E-state index in [2.05, 4.69) is 15.4 Å². The van der Waals surface area contributed by atoms with Gasteiger partial charge >= 0.3 is 0 Å². The van der Waals surface area contributed by atoms with Gasteiger partial charge in [0.25, 0.3) is 5.91 Å². The van der Waals surface area contributed by atoms with Gasteiger partial charge in [-0.05, 0) is 37.6 Å². The van der Waals surface area contributed by atoms with E-state index in [1.165, 1.54) is 28.2 Å². The van der Waals surface area contributed by atoms with E-state index in [1.807, 2.05) is 19.1 Å². The molecule has 0 saturated heterocycles. The van der Waals surface area contributed by atoms with E-state index < -0.39 is 15.7 Å². The van der Waals surface area contributed by atoms with Gasteiger partial charge in [-0.15, -0.1) is 0 Å². The molecule has 0 saturated carbocycles. The molecule has 2 heterocycles. The molecule has 0 aliphatic heterocycles. The summed E-state index contributed by atoms with van der Waals surface area (Å²) in [4.78, 5) is 17.7. The summed E-state index contributed by atoms with van der Waals surface area (Å²) < 4.78 is 27.2. The molecule has 160 valence electrons. The van der Waals surface area contributed by atoms with Crippen molar-refractivity contribution in [3.05, 3.63) is 64.3 Å². The normalized spacial score (nSPS) is 11.7. The van der Waals surface area contributed by atoms with E-state index in [4.69, 9.17) is 11.6 Å². The number of anilines is 1. The SMILES string of the molecule is CCS(=O)(=O)c1ccccc1C(=O)Nc1cc(C)nn1-c1nc2c(C)ccc(Cl)c2s1. The first-order valence-corrected chi connectivity index (χ1v) is 12.3. The van der Waals surface area contributed by atoms with Crippen molar-refractivity contribution in [3.8, 4) is 5.13 Å². The van der Waals surface area contributed by atoms with Gasteiger partial charge in [0, 0.05) is 6.07 Å². The fraction of sp³-hybridized carbons (Fsp3) is 0.190. The van der Waals surface area contributed by atoms with Crippen LogP contribution in [0.2, 0.25) is 5.02 Å². The summed E-state index contributed by atoms with van der Waals surface area (Å²) in [6.45, 7) is 5.29. The molecule has 1 amide bonds. The van der Waals surface area contributed by atoms with Crippen molar-refractivity contribution in [1.29, 1.82) is 0 Å². The highest BCUT2D eigenvalue weighted by molar-refractivity contribution is 7.91. The number of halogens is 1. The molecule has 10 heteroatoms. The Kier molecular flexibility index (Phi) is 5.59. The zero-order chi connectivity index (χ0) is 22.3. The Labute approximate surface area is 188 Å². The maximum Gasteiger partial charge on any atom is 0.258 e. The molecule has 1 N–H and O–H groups in total. The van der Waals surface area contributed by atoms with Crippen LogP contribution in [0.15, 0.2) is 47.4 Å². The van der Waals surface area contributed by atoms with E-state index in [-0.39, 0.29) is 16.2 Å². The Balaban J connectivity index is 1.76. The lowest BCUT2D eigenvalue weighted by molar-refractivity contribution is 0.102. The Hall–Kier alpha value is -2.75. The highest BCUT2D eigenvalue weighted by Gasteiger charge is 2.22. The molecule has 31 heavy (non-hydrogen) atoms. The van der Waals surface area contributed by atoms with Crippen LogP contribution in [-0.2, 0) is 9.84 Å². The summed E-state index contributed by atoms with van der Waals surface area (Å²) in [5, 5.41) is 8.39. The van der Waals surface area contributed by atoms with E-state index in [1.54, 1.807) is 32.0 Å². The van der Waals surface area contributed by atoms with Gasteiger partial charge in [0.05, 0.1) is 37.1 Å². The third-order valence-electron chi connectivity index (χ3n) is 4.79. The summed E-state index contributed by atoms with van der Waals surface area (Å²) >= 11 is 7.69. The number of fused-ring (bicyclic) bond motifs is 1. The van der Waals surface area contributed by atoms with Crippen molar-refractivity contribution in [2.24, 2.45) is 0 Å². The van der Waals surface area contributed by atoms with Crippen LogP contribution >= 0.6 is 22.9 Å². The van der Waals surface area contributed by atoms with Crippen LogP contribution in [0.3, 0.4) is 0 Å². The highest BCUT2D eigenvalue weighted by Crippen LogP contribution is 2.34. The number of benzene rings is 2. The smallest absolute Gasteiger partial charge is 0.258 e. The van der Waals surface area contributed by atoms with Crippen molar-refractivity contribution in [1.82, 2.24) is 14.8 Å². The number of rotatable bonds is 5. The third kappa shape index (κ3) is 3.96. The summed E-state index contributed by atoms with van der Waals surface area (Å²) in [5.41, 5.74) is 2.51. The number of aromatic nitrogens is 3. The first kappa shape index (κ1) is 21.5. The van der Waals surface area contributed by atoms with Crippen LogP contribution in [0, 0.1) is 13.8 Å². The van der Waals surface area contributed by atoms with Gasteiger partial charge in [-0.1, -0.05) is 48.1 Å². The number of carbonyl (C=O) groups excluding carboxylic acids is 1. The Morgan fingerprint density at radius 3 is 2.65 bits per heavy atom. The molecule has 0 aliphatic rings. The quantitative estimate of drug-likeness (QED) is 0.448. The minimum Gasteiger partial charge on any atom is -0.306 e. The molecule has 0 spiro atoms. The van der Waals surface area contributed by atoms with E-state index in [0.717, 1.165) is 15.8 Å². The van der Waals surface area contributed by atoms with E-state index in [9.17, 15) is 13.2 Å². The minimum atomic E-state index is -3.56. The molecule has 0 atom stereocenters. The number of nitrogens with zero attached hydrogens (tertiary/aromatic N) is 3. The molecule has 0 unspecified atom stereocenters. The maximum atomic E-state index is 13.0. The van der Waals surface area contributed by atoms with Crippen LogP contribution < -0.4 is 5.32 Å². The van der Waals surface area contributed by atoms with Crippen molar-refractivity contribution in [2.45, 2.75) is 25.7 Å². The van der Waals surface area contributed by atoms with Crippen molar-refractivity contribution in [2.75, 3.05) is 11.1 Å².